The number of rotatable bonds is 4. The van der Waals surface area contributed by atoms with Crippen molar-refractivity contribution in [3.8, 4) is 0 Å². The van der Waals surface area contributed by atoms with Crippen LogP contribution in [0.1, 0.15) is 6.92 Å². The molecule has 110 valence electrons. The van der Waals surface area contributed by atoms with Gasteiger partial charge in [-0.25, -0.2) is 9.36 Å². The minimum atomic E-state index is -0.787. The number of esters is 1. The molecule has 0 atom stereocenters. The van der Waals surface area contributed by atoms with Crippen LogP contribution in [0.5, 0.6) is 0 Å². The minimum Gasteiger partial charge on any atom is -0.465 e. The molecule has 0 fully saturated rings. The summed E-state index contributed by atoms with van der Waals surface area (Å²) in [4.78, 5) is 47.8. The fraction of sp³-hybridized carbons (Fsp3) is 0.250. The number of fused-ring (bicyclic) bond motifs is 1. The predicted molar refractivity (Wildman–Crippen MR) is 72.1 cm³/mol. The van der Waals surface area contributed by atoms with E-state index in [4.69, 9.17) is 0 Å². The lowest BCUT2D eigenvalue weighted by molar-refractivity contribution is -0.384. The van der Waals surface area contributed by atoms with Crippen molar-refractivity contribution in [2.75, 3.05) is 6.61 Å². The first-order valence-electron chi connectivity index (χ1n) is 6.01. The van der Waals surface area contributed by atoms with E-state index in [0.29, 0.717) is 4.57 Å². The van der Waals surface area contributed by atoms with Crippen molar-refractivity contribution >= 4 is 22.6 Å². The molecule has 0 bridgehead atoms. The summed E-state index contributed by atoms with van der Waals surface area (Å²) >= 11 is 0. The van der Waals surface area contributed by atoms with Crippen molar-refractivity contribution in [3.05, 3.63) is 49.2 Å². The third kappa shape index (κ3) is 2.81. The second kappa shape index (κ2) is 5.57. The van der Waals surface area contributed by atoms with Gasteiger partial charge in [0.05, 0.1) is 22.4 Å². The monoisotopic (exact) mass is 293 g/mol. The predicted octanol–water partition coefficient (Wildman–Crippen LogP) is 0.161. The normalized spacial score (nSPS) is 10.5. The van der Waals surface area contributed by atoms with Crippen LogP contribution in [0.25, 0.3) is 10.9 Å². The minimum absolute atomic E-state index is 0.0481. The summed E-state index contributed by atoms with van der Waals surface area (Å²) in [6.45, 7) is 1.15. The Bertz CT molecular complexity index is 835. The maximum atomic E-state index is 12.2. The van der Waals surface area contributed by atoms with Gasteiger partial charge in [-0.1, -0.05) is 0 Å². The van der Waals surface area contributed by atoms with E-state index >= 15 is 0 Å². The van der Waals surface area contributed by atoms with Crippen LogP contribution in [0, 0.1) is 10.1 Å². The van der Waals surface area contributed by atoms with Crippen LogP contribution in [0.4, 0.5) is 5.69 Å². The summed E-state index contributed by atoms with van der Waals surface area (Å²) in [7, 11) is 0. The Hall–Kier alpha value is -2.97. The Kier molecular flexibility index (Phi) is 3.83. The summed E-state index contributed by atoms with van der Waals surface area (Å²) in [5.74, 6) is -0.741. The molecular weight excluding hydrogens is 282 g/mol. The number of aromatic nitrogens is 2. The van der Waals surface area contributed by atoms with Crippen LogP contribution < -0.4 is 11.2 Å². The average Bonchev–Trinajstić information content (AvgIpc) is 2.43. The zero-order valence-corrected chi connectivity index (χ0v) is 11.0. The zero-order valence-electron chi connectivity index (χ0n) is 11.0. The number of non-ortho nitro benzene ring substituents is 1. The number of ether oxygens (including phenoxy) is 1. The molecule has 0 saturated heterocycles. The number of nitrogens with zero attached hydrogens (tertiary/aromatic N) is 2. The van der Waals surface area contributed by atoms with E-state index in [1.807, 2.05) is 0 Å². The van der Waals surface area contributed by atoms with Gasteiger partial charge in [0.15, 0.2) is 0 Å². The second-order valence-corrected chi connectivity index (χ2v) is 4.11. The van der Waals surface area contributed by atoms with Crippen molar-refractivity contribution < 1.29 is 14.5 Å². The molecule has 21 heavy (non-hydrogen) atoms. The first-order valence-corrected chi connectivity index (χ1v) is 6.01. The molecule has 0 aliphatic heterocycles. The summed E-state index contributed by atoms with van der Waals surface area (Å²) in [5.41, 5.74) is -1.69. The van der Waals surface area contributed by atoms with Crippen LogP contribution in [0.3, 0.4) is 0 Å². The van der Waals surface area contributed by atoms with Gasteiger partial charge < -0.3 is 9.72 Å². The molecule has 1 aromatic carbocycles. The van der Waals surface area contributed by atoms with Crippen LogP contribution in [0.2, 0.25) is 0 Å². The molecule has 0 spiro atoms. The summed E-state index contributed by atoms with van der Waals surface area (Å²) in [6, 6.07) is 3.49. The van der Waals surface area contributed by atoms with Gasteiger partial charge in [0, 0.05) is 12.1 Å². The number of carbonyl (C=O) groups is 1. The van der Waals surface area contributed by atoms with Crippen molar-refractivity contribution in [2.24, 2.45) is 0 Å². The smallest absolute Gasteiger partial charge is 0.329 e. The molecule has 0 aliphatic rings. The highest BCUT2D eigenvalue weighted by atomic mass is 16.6. The lowest BCUT2D eigenvalue weighted by atomic mass is 10.2. The molecule has 1 heterocycles. The standard InChI is InChI=1S/C12H11N3O6/c1-2-21-10(16)6-14-11(17)8-5-7(15(19)20)3-4-9(8)13-12(14)18/h3-5H,2,6H2,1H3,(H,13,18). The number of hydrogen-bond acceptors (Lipinski definition) is 6. The van der Waals surface area contributed by atoms with Crippen LogP contribution in [-0.2, 0) is 16.1 Å². The number of benzene rings is 1. The van der Waals surface area contributed by atoms with Gasteiger partial charge in [-0.2, -0.15) is 0 Å². The van der Waals surface area contributed by atoms with Gasteiger partial charge in [-0.15, -0.1) is 0 Å². The number of aromatic amines is 1. The fourth-order valence-electron chi connectivity index (χ4n) is 1.83. The van der Waals surface area contributed by atoms with Crippen LogP contribution >= 0.6 is 0 Å². The lowest BCUT2D eigenvalue weighted by Gasteiger charge is -2.06. The van der Waals surface area contributed by atoms with Gasteiger partial charge in [-0.3, -0.25) is 19.7 Å². The first kappa shape index (κ1) is 14.4. The second-order valence-electron chi connectivity index (χ2n) is 4.11. The van der Waals surface area contributed by atoms with E-state index in [2.05, 4.69) is 9.72 Å². The van der Waals surface area contributed by atoms with E-state index in [1.165, 1.54) is 12.1 Å². The Morgan fingerprint density at radius 1 is 1.43 bits per heavy atom. The van der Waals surface area contributed by atoms with Gasteiger partial charge in [0.25, 0.3) is 11.2 Å². The highest BCUT2D eigenvalue weighted by Crippen LogP contribution is 2.15. The summed E-state index contributed by atoms with van der Waals surface area (Å²) < 4.78 is 5.31. The maximum Gasteiger partial charge on any atom is 0.329 e. The van der Waals surface area contributed by atoms with E-state index in [-0.39, 0.29) is 23.2 Å². The quantitative estimate of drug-likeness (QED) is 0.486. The van der Waals surface area contributed by atoms with Gasteiger partial charge in [0.2, 0.25) is 0 Å². The Labute approximate surface area is 116 Å². The molecule has 2 aromatic rings. The molecule has 1 aromatic heterocycles. The Balaban J connectivity index is 2.62. The first-order chi connectivity index (χ1) is 9.93. The molecule has 9 heteroatoms. The van der Waals surface area contributed by atoms with Crippen molar-refractivity contribution in [3.63, 3.8) is 0 Å². The maximum absolute atomic E-state index is 12.2. The number of nitro benzene ring substituents is 1. The number of H-pyrrole nitrogens is 1. The molecule has 1 N–H and O–H groups in total. The van der Waals surface area contributed by atoms with E-state index in [1.54, 1.807) is 6.92 Å². The number of hydrogen-bond donors (Lipinski definition) is 1. The molecule has 9 nitrogen and oxygen atoms in total. The van der Waals surface area contributed by atoms with E-state index < -0.39 is 28.7 Å². The van der Waals surface area contributed by atoms with E-state index in [0.717, 1.165) is 6.07 Å². The molecule has 2 rings (SSSR count). The lowest BCUT2D eigenvalue weighted by Crippen LogP contribution is -2.37. The molecule has 0 aliphatic carbocycles. The largest absolute Gasteiger partial charge is 0.465 e. The number of nitro groups is 1. The third-order valence-corrected chi connectivity index (χ3v) is 2.77. The average molecular weight is 293 g/mol. The van der Waals surface area contributed by atoms with Crippen LogP contribution in [0.15, 0.2) is 27.8 Å². The zero-order chi connectivity index (χ0) is 15.6. The topological polar surface area (TPSA) is 124 Å². The van der Waals surface area contributed by atoms with Crippen molar-refractivity contribution in [1.29, 1.82) is 0 Å². The molecule has 0 saturated carbocycles. The molecule has 0 amide bonds. The van der Waals surface area contributed by atoms with Gasteiger partial charge >= 0.3 is 11.7 Å². The van der Waals surface area contributed by atoms with Crippen LogP contribution in [-0.4, -0.2) is 27.1 Å². The van der Waals surface area contributed by atoms with Crippen molar-refractivity contribution in [2.45, 2.75) is 13.5 Å². The Morgan fingerprint density at radius 2 is 2.14 bits per heavy atom. The van der Waals surface area contributed by atoms with Gasteiger partial charge in [-0.05, 0) is 13.0 Å². The highest BCUT2D eigenvalue weighted by Gasteiger charge is 2.14. The summed E-state index contributed by atoms with van der Waals surface area (Å²) in [5, 5.41) is 10.7. The number of carbonyl (C=O) groups excluding carboxylic acids is 1. The Morgan fingerprint density at radius 3 is 2.76 bits per heavy atom. The SMILES string of the molecule is CCOC(=O)Cn1c(=O)[nH]c2ccc([N+](=O)[O-])cc2c1=O. The molecule has 0 unspecified atom stereocenters. The summed E-state index contributed by atoms with van der Waals surface area (Å²) in [6.07, 6.45) is 0. The third-order valence-electron chi connectivity index (χ3n) is 2.77. The molecule has 0 radical (unpaired) electrons. The van der Waals surface area contributed by atoms with Crippen molar-refractivity contribution in [1.82, 2.24) is 9.55 Å². The molecular formula is C12H11N3O6. The number of nitrogens with one attached hydrogen (secondary N) is 1. The highest BCUT2D eigenvalue weighted by molar-refractivity contribution is 5.80. The fourth-order valence-corrected chi connectivity index (χ4v) is 1.83. The van der Waals surface area contributed by atoms with E-state index in [9.17, 15) is 24.5 Å². The van der Waals surface area contributed by atoms with Gasteiger partial charge in [0.1, 0.15) is 6.54 Å².